The first-order valence-electron chi connectivity index (χ1n) is 11.1. The van der Waals surface area contributed by atoms with Crippen molar-refractivity contribution >= 4 is 45.0 Å². The predicted octanol–water partition coefficient (Wildman–Crippen LogP) is 3.54. The van der Waals surface area contributed by atoms with E-state index in [0.29, 0.717) is 36.5 Å². The molecule has 8 heteroatoms. The summed E-state index contributed by atoms with van der Waals surface area (Å²) in [6.07, 6.45) is 4.15. The lowest BCUT2D eigenvalue weighted by Gasteiger charge is -2.54. The molecule has 3 aliphatic rings. The molecule has 1 aromatic carbocycles. The Morgan fingerprint density at radius 2 is 2.00 bits per heavy atom. The maximum Gasteiger partial charge on any atom is 0.267 e. The van der Waals surface area contributed by atoms with E-state index in [-0.39, 0.29) is 29.2 Å². The molecule has 1 saturated carbocycles. The summed E-state index contributed by atoms with van der Waals surface area (Å²) in [5, 5.41) is 8.09. The first-order chi connectivity index (χ1) is 15.5. The Labute approximate surface area is 189 Å². The Hall–Kier alpha value is -3.13. The number of amides is 3. The number of carbonyl (C=O) groups is 3. The van der Waals surface area contributed by atoms with Crippen molar-refractivity contribution in [2.75, 3.05) is 18.4 Å². The normalized spacial score (nSPS) is 21.3. The summed E-state index contributed by atoms with van der Waals surface area (Å²) in [7, 11) is 0. The van der Waals surface area contributed by atoms with Gasteiger partial charge in [0.15, 0.2) is 0 Å². The van der Waals surface area contributed by atoms with E-state index < -0.39 is 0 Å². The van der Waals surface area contributed by atoms with Crippen LogP contribution in [0.5, 0.6) is 0 Å². The molecule has 1 atom stereocenters. The molecule has 6 rings (SSSR count). The van der Waals surface area contributed by atoms with Crippen LogP contribution in [0.2, 0.25) is 0 Å². The Bertz CT molecular complexity index is 1220. The topological polar surface area (TPSA) is 94.3 Å². The minimum absolute atomic E-state index is 0.0229. The van der Waals surface area contributed by atoms with Crippen molar-refractivity contribution in [1.29, 1.82) is 0 Å². The smallest absolute Gasteiger partial charge is 0.267 e. The zero-order valence-corrected chi connectivity index (χ0v) is 18.4. The Kier molecular flexibility index (Phi) is 4.40. The zero-order chi connectivity index (χ0) is 21.9. The molecule has 1 aliphatic carbocycles. The van der Waals surface area contributed by atoms with Crippen LogP contribution in [-0.2, 0) is 11.2 Å². The van der Waals surface area contributed by atoms with E-state index in [0.717, 1.165) is 41.5 Å². The van der Waals surface area contributed by atoms with Crippen LogP contribution in [0.4, 0.5) is 5.69 Å². The van der Waals surface area contributed by atoms with Crippen molar-refractivity contribution < 1.29 is 14.4 Å². The number of likely N-dealkylation sites (tertiary alicyclic amines) is 1. The maximum absolute atomic E-state index is 13.2. The van der Waals surface area contributed by atoms with Gasteiger partial charge < -0.3 is 20.5 Å². The standard InChI is InChI=1S/C24H24N4O3S/c29-20-12-14-2-1-3-15(21(14)27-20)23(31)28-9-7-24(8-10-28)6-4-19(24)26-22(30)17-13-18-16(25-17)5-11-32-18/h1-3,5,11,13,19,25H,4,6-10,12H2,(H,26,30)(H,27,29). The fourth-order valence-corrected chi connectivity index (χ4v) is 6.27. The number of hydrogen-bond acceptors (Lipinski definition) is 4. The lowest BCUT2D eigenvalue weighted by Crippen LogP contribution is -2.59. The summed E-state index contributed by atoms with van der Waals surface area (Å²) in [5.74, 6) is -0.135. The van der Waals surface area contributed by atoms with Gasteiger partial charge in [0.1, 0.15) is 5.69 Å². The molecular formula is C24H24N4O3S. The molecule has 3 N–H and O–H groups in total. The molecule has 0 bridgehead atoms. The molecule has 2 aliphatic heterocycles. The van der Waals surface area contributed by atoms with Crippen LogP contribution >= 0.6 is 11.3 Å². The first kappa shape index (κ1) is 19.5. The number of nitrogens with one attached hydrogen (secondary N) is 3. The van der Waals surface area contributed by atoms with Crippen LogP contribution in [0.25, 0.3) is 10.2 Å². The van der Waals surface area contributed by atoms with Crippen molar-refractivity contribution in [2.45, 2.75) is 38.1 Å². The number of aromatic amines is 1. The highest BCUT2D eigenvalue weighted by Crippen LogP contribution is 2.49. The lowest BCUT2D eigenvalue weighted by molar-refractivity contribution is -0.115. The monoisotopic (exact) mass is 448 g/mol. The first-order valence-corrected chi connectivity index (χ1v) is 12.0. The largest absolute Gasteiger partial charge is 0.350 e. The molecule has 2 fully saturated rings. The summed E-state index contributed by atoms with van der Waals surface area (Å²) >= 11 is 1.62. The number of H-pyrrole nitrogens is 1. The van der Waals surface area contributed by atoms with Gasteiger partial charge in [-0.15, -0.1) is 11.3 Å². The van der Waals surface area contributed by atoms with E-state index in [1.807, 2.05) is 34.5 Å². The average Bonchev–Trinajstić information content (AvgIpc) is 3.49. The average molecular weight is 449 g/mol. The molecule has 0 radical (unpaired) electrons. The second kappa shape index (κ2) is 7.20. The van der Waals surface area contributed by atoms with Crippen LogP contribution in [-0.4, -0.2) is 46.7 Å². The predicted molar refractivity (Wildman–Crippen MR) is 123 cm³/mol. The summed E-state index contributed by atoms with van der Waals surface area (Å²) in [4.78, 5) is 42.8. The van der Waals surface area contributed by atoms with Crippen LogP contribution in [0.3, 0.4) is 0 Å². The Morgan fingerprint density at radius 3 is 2.75 bits per heavy atom. The number of thiophene rings is 1. The number of benzene rings is 1. The number of anilines is 1. The third-order valence-corrected chi connectivity index (χ3v) is 8.37. The van der Waals surface area contributed by atoms with Gasteiger partial charge in [-0.05, 0) is 60.2 Å². The van der Waals surface area contributed by atoms with Crippen LogP contribution in [0, 0.1) is 5.41 Å². The van der Waals surface area contributed by atoms with Gasteiger partial charge in [0, 0.05) is 19.1 Å². The van der Waals surface area contributed by atoms with Crippen molar-refractivity contribution in [3.05, 3.63) is 52.5 Å². The van der Waals surface area contributed by atoms with E-state index in [9.17, 15) is 14.4 Å². The molecule has 3 aromatic rings. The summed E-state index contributed by atoms with van der Waals surface area (Å²) < 4.78 is 1.09. The van der Waals surface area contributed by atoms with E-state index in [1.165, 1.54) is 0 Å². The van der Waals surface area contributed by atoms with E-state index in [4.69, 9.17) is 0 Å². The third-order valence-electron chi connectivity index (χ3n) is 7.50. The quantitative estimate of drug-likeness (QED) is 0.572. The number of fused-ring (bicyclic) bond motifs is 2. The van der Waals surface area contributed by atoms with Crippen molar-refractivity contribution in [2.24, 2.45) is 5.41 Å². The minimum Gasteiger partial charge on any atom is -0.350 e. The number of carbonyl (C=O) groups excluding carboxylic acids is 3. The number of para-hydroxylation sites is 1. The molecule has 1 spiro atoms. The minimum atomic E-state index is -0.0622. The van der Waals surface area contributed by atoms with E-state index >= 15 is 0 Å². The molecule has 164 valence electrons. The van der Waals surface area contributed by atoms with Gasteiger partial charge in [0.2, 0.25) is 5.91 Å². The Morgan fingerprint density at radius 1 is 1.16 bits per heavy atom. The molecule has 4 heterocycles. The second-order valence-corrected chi connectivity index (χ2v) is 10.1. The molecule has 7 nitrogen and oxygen atoms in total. The molecule has 2 aromatic heterocycles. The van der Waals surface area contributed by atoms with Gasteiger partial charge in [-0.1, -0.05) is 12.1 Å². The SMILES string of the molecule is O=C1Cc2cccc(C(=O)N3CCC4(CCC4NC(=O)c4cc5sccc5[nH]4)CC3)c2N1. The van der Waals surface area contributed by atoms with E-state index in [1.54, 1.807) is 17.4 Å². The van der Waals surface area contributed by atoms with Gasteiger partial charge in [-0.2, -0.15) is 0 Å². The fraction of sp³-hybridized carbons (Fsp3) is 0.375. The zero-order valence-electron chi connectivity index (χ0n) is 17.6. The number of piperidine rings is 1. The maximum atomic E-state index is 13.2. The summed E-state index contributed by atoms with van der Waals surface area (Å²) in [6.45, 7) is 1.34. The fourth-order valence-electron chi connectivity index (χ4n) is 5.48. The highest BCUT2D eigenvalue weighted by atomic mass is 32.1. The number of aromatic nitrogens is 1. The molecule has 32 heavy (non-hydrogen) atoms. The van der Waals surface area contributed by atoms with E-state index in [2.05, 4.69) is 15.6 Å². The van der Waals surface area contributed by atoms with Gasteiger partial charge in [0.25, 0.3) is 11.8 Å². The number of hydrogen-bond donors (Lipinski definition) is 3. The third kappa shape index (κ3) is 3.04. The highest BCUT2D eigenvalue weighted by Gasteiger charge is 2.49. The summed E-state index contributed by atoms with van der Waals surface area (Å²) in [6, 6.07) is 9.59. The molecular weight excluding hydrogens is 424 g/mol. The van der Waals surface area contributed by atoms with Crippen LogP contribution in [0.15, 0.2) is 35.7 Å². The molecule has 3 amide bonds. The number of nitrogens with zero attached hydrogens (tertiary/aromatic N) is 1. The van der Waals surface area contributed by atoms with Crippen molar-refractivity contribution in [3.63, 3.8) is 0 Å². The van der Waals surface area contributed by atoms with Gasteiger partial charge in [-0.3, -0.25) is 14.4 Å². The highest BCUT2D eigenvalue weighted by molar-refractivity contribution is 7.17. The lowest BCUT2D eigenvalue weighted by atomic mass is 9.59. The molecule has 1 unspecified atom stereocenters. The second-order valence-electron chi connectivity index (χ2n) is 9.17. The number of rotatable bonds is 3. The Balaban J connectivity index is 1.11. The van der Waals surface area contributed by atoms with Crippen LogP contribution in [0.1, 0.15) is 52.1 Å². The van der Waals surface area contributed by atoms with Crippen LogP contribution < -0.4 is 10.6 Å². The summed E-state index contributed by atoms with van der Waals surface area (Å²) in [5.41, 5.74) is 3.82. The van der Waals surface area contributed by atoms with Crippen molar-refractivity contribution in [3.8, 4) is 0 Å². The van der Waals surface area contributed by atoms with Gasteiger partial charge in [-0.25, -0.2) is 0 Å². The molecule has 1 saturated heterocycles. The van der Waals surface area contributed by atoms with Gasteiger partial charge >= 0.3 is 0 Å². The van der Waals surface area contributed by atoms with Gasteiger partial charge in [0.05, 0.1) is 27.9 Å². The van der Waals surface area contributed by atoms with Crippen molar-refractivity contribution in [1.82, 2.24) is 15.2 Å².